The summed E-state index contributed by atoms with van der Waals surface area (Å²) in [6.07, 6.45) is 3.05. The maximum atomic E-state index is 11.5. The van der Waals surface area contributed by atoms with Gasteiger partial charge in [0.15, 0.2) is 0 Å². The summed E-state index contributed by atoms with van der Waals surface area (Å²) in [5, 5.41) is 20.7. The molecule has 1 aliphatic carbocycles. The Morgan fingerprint density at radius 2 is 1.71 bits per heavy atom. The molecule has 0 amide bonds. The van der Waals surface area contributed by atoms with E-state index in [2.05, 4.69) is 31.2 Å². The number of aliphatic hydroxyl groups is 2. The van der Waals surface area contributed by atoms with Crippen molar-refractivity contribution in [1.29, 1.82) is 0 Å². The van der Waals surface area contributed by atoms with E-state index >= 15 is 0 Å². The van der Waals surface area contributed by atoms with Crippen LogP contribution < -0.4 is 0 Å². The molecule has 0 unspecified atom stereocenters. The topological polar surface area (TPSA) is 40.5 Å². The molecule has 2 heteroatoms. The van der Waals surface area contributed by atoms with Crippen molar-refractivity contribution in [2.45, 2.75) is 38.2 Å². The van der Waals surface area contributed by atoms with E-state index in [0.29, 0.717) is 12.8 Å². The fourth-order valence-electron chi connectivity index (χ4n) is 3.45. The molecule has 2 nitrogen and oxygen atoms in total. The Kier molecular flexibility index (Phi) is 3.83. The SMILES string of the molecule is Cc1ccc2c(c1)[C@](O)(CCCO)c1ccccc1CC2. The van der Waals surface area contributed by atoms with Crippen LogP contribution in [0, 0.1) is 6.92 Å². The van der Waals surface area contributed by atoms with Crippen LogP contribution in [0.3, 0.4) is 0 Å². The second-order valence-corrected chi connectivity index (χ2v) is 6.01. The van der Waals surface area contributed by atoms with E-state index in [1.807, 2.05) is 18.2 Å². The van der Waals surface area contributed by atoms with Crippen LogP contribution in [0.5, 0.6) is 0 Å². The van der Waals surface area contributed by atoms with Gasteiger partial charge in [-0.05, 0) is 54.9 Å². The normalized spacial score (nSPS) is 20.5. The minimum atomic E-state index is -0.989. The van der Waals surface area contributed by atoms with Crippen molar-refractivity contribution in [3.8, 4) is 0 Å². The molecule has 1 atom stereocenters. The highest BCUT2D eigenvalue weighted by molar-refractivity contribution is 5.48. The van der Waals surface area contributed by atoms with Crippen molar-refractivity contribution in [3.63, 3.8) is 0 Å². The van der Waals surface area contributed by atoms with E-state index in [1.54, 1.807) is 0 Å². The lowest BCUT2D eigenvalue weighted by Crippen LogP contribution is -2.29. The summed E-state index contributed by atoms with van der Waals surface area (Å²) < 4.78 is 0. The highest BCUT2D eigenvalue weighted by Crippen LogP contribution is 2.41. The summed E-state index contributed by atoms with van der Waals surface area (Å²) in [6.45, 7) is 2.16. The van der Waals surface area contributed by atoms with Crippen LogP contribution in [-0.4, -0.2) is 16.8 Å². The largest absolute Gasteiger partial charge is 0.396 e. The van der Waals surface area contributed by atoms with E-state index in [0.717, 1.165) is 29.5 Å². The summed E-state index contributed by atoms with van der Waals surface area (Å²) in [5.41, 5.74) is 4.63. The first-order chi connectivity index (χ1) is 10.1. The highest BCUT2D eigenvalue weighted by atomic mass is 16.3. The van der Waals surface area contributed by atoms with Gasteiger partial charge in [-0.2, -0.15) is 0 Å². The van der Waals surface area contributed by atoms with Crippen molar-refractivity contribution in [2.75, 3.05) is 6.61 Å². The van der Waals surface area contributed by atoms with Crippen LogP contribution >= 0.6 is 0 Å². The van der Waals surface area contributed by atoms with E-state index in [-0.39, 0.29) is 6.61 Å². The van der Waals surface area contributed by atoms with Crippen LogP contribution in [-0.2, 0) is 18.4 Å². The number of rotatable bonds is 3. The van der Waals surface area contributed by atoms with Gasteiger partial charge in [0.2, 0.25) is 0 Å². The van der Waals surface area contributed by atoms with E-state index in [9.17, 15) is 10.2 Å². The molecule has 0 bridgehead atoms. The van der Waals surface area contributed by atoms with Gasteiger partial charge < -0.3 is 10.2 Å². The second kappa shape index (κ2) is 5.63. The molecule has 2 aromatic rings. The van der Waals surface area contributed by atoms with Gasteiger partial charge in [0.25, 0.3) is 0 Å². The van der Waals surface area contributed by atoms with Crippen molar-refractivity contribution in [1.82, 2.24) is 0 Å². The first-order valence-electron chi connectivity index (χ1n) is 7.67. The number of benzene rings is 2. The Morgan fingerprint density at radius 3 is 2.48 bits per heavy atom. The van der Waals surface area contributed by atoms with Crippen LogP contribution in [0.25, 0.3) is 0 Å². The quantitative estimate of drug-likeness (QED) is 0.908. The Morgan fingerprint density at radius 1 is 1.00 bits per heavy atom. The second-order valence-electron chi connectivity index (χ2n) is 6.01. The Hall–Kier alpha value is -1.64. The molecule has 2 N–H and O–H groups in total. The Balaban J connectivity index is 2.21. The van der Waals surface area contributed by atoms with Gasteiger partial charge in [0.1, 0.15) is 5.60 Å². The molecule has 110 valence electrons. The molecule has 0 radical (unpaired) electrons. The number of aliphatic hydroxyl groups excluding tert-OH is 1. The van der Waals surface area contributed by atoms with E-state index < -0.39 is 5.60 Å². The summed E-state index contributed by atoms with van der Waals surface area (Å²) in [7, 11) is 0. The standard InChI is InChI=1S/C19H22O2/c1-14-7-8-16-10-9-15-5-2-3-6-17(15)19(21,11-4-12-20)18(16)13-14/h2-3,5-8,13,20-21H,4,9-12H2,1H3/t19-/m0/s1. The van der Waals surface area contributed by atoms with Crippen molar-refractivity contribution in [2.24, 2.45) is 0 Å². The predicted octanol–water partition coefficient (Wildman–Crippen LogP) is 3.10. The monoisotopic (exact) mass is 282 g/mol. The summed E-state index contributed by atoms with van der Waals surface area (Å²) in [4.78, 5) is 0. The zero-order chi connectivity index (χ0) is 14.9. The molecule has 21 heavy (non-hydrogen) atoms. The Labute approximate surface area is 126 Å². The molecule has 0 saturated heterocycles. The molecule has 1 aliphatic rings. The lowest BCUT2D eigenvalue weighted by atomic mass is 9.80. The van der Waals surface area contributed by atoms with Gasteiger partial charge in [-0.1, -0.05) is 48.0 Å². The Bertz CT molecular complexity index is 648. The zero-order valence-electron chi connectivity index (χ0n) is 12.5. The molecule has 3 rings (SSSR count). The molecule has 0 fully saturated rings. The minimum Gasteiger partial charge on any atom is -0.396 e. The zero-order valence-corrected chi connectivity index (χ0v) is 12.5. The maximum Gasteiger partial charge on any atom is 0.115 e. The van der Waals surface area contributed by atoms with Gasteiger partial charge in [-0.3, -0.25) is 0 Å². The predicted molar refractivity (Wildman–Crippen MR) is 84.3 cm³/mol. The van der Waals surface area contributed by atoms with Crippen molar-refractivity contribution in [3.05, 3.63) is 70.3 Å². The number of aryl methyl sites for hydroxylation is 3. The lowest BCUT2D eigenvalue weighted by molar-refractivity contribution is 0.0619. The van der Waals surface area contributed by atoms with Crippen LogP contribution in [0.2, 0.25) is 0 Å². The third kappa shape index (κ3) is 2.50. The first-order valence-corrected chi connectivity index (χ1v) is 7.67. The summed E-state index contributed by atoms with van der Waals surface area (Å²) in [5.74, 6) is 0. The maximum absolute atomic E-state index is 11.5. The fraction of sp³-hybridized carbons (Fsp3) is 0.368. The smallest absolute Gasteiger partial charge is 0.115 e. The first kappa shape index (κ1) is 14.3. The molecular weight excluding hydrogens is 260 g/mol. The molecule has 0 heterocycles. The molecular formula is C19H22O2. The third-order valence-corrected chi connectivity index (χ3v) is 4.53. The van der Waals surface area contributed by atoms with Crippen molar-refractivity contribution >= 4 is 0 Å². The molecule has 0 aromatic heterocycles. The molecule has 0 saturated carbocycles. The van der Waals surface area contributed by atoms with Gasteiger partial charge >= 0.3 is 0 Å². The average molecular weight is 282 g/mol. The average Bonchev–Trinajstić information content (AvgIpc) is 2.62. The van der Waals surface area contributed by atoms with Crippen LogP contribution in [0.15, 0.2) is 42.5 Å². The molecule has 0 spiro atoms. The van der Waals surface area contributed by atoms with Gasteiger partial charge in [0.05, 0.1) is 0 Å². The van der Waals surface area contributed by atoms with Crippen molar-refractivity contribution < 1.29 is 10.2 Å². The third-order valence-electron chi connectivity index (χ3n) is 4.53. The number of hydrogen-bond acceptors (Lipinski definition) is 2. The van der Waals surface area contributed by atoms with Gasteiger partial charge in [-0.15, -0.1) is 0 Å². The molecule has 2 aromatic carbocycles. The fourth-order valence-corrected chi connectivity index (χ4v) is 3.45. The number of hydrogen-bond donors (Lipinski definition) is 2. The van der Waals surface area contributed by atoms with Crippen LogP contribution in [0.4, 0.5) is 0 Å². The minimum absolute atomic E-state index is 0.103. The van der Waals surface area contributed by atoms with E-state index in [1.165, 1.54) is 11.1 Å². The summed E-state index contributed by atoms with van der Waals surface area (Å²) in [6, 6.07) is 14.5. The van der Waals surface area contributed by atoms with Gasteiger partial charge in [0, 0.05) is 6.61 Å². The van der Waals surface area contributed by atoms with E-state index in [4.69, 9.17) is 0 Å². The van der Waals surface area contributed by atoms with Gasteiger partial charge in [-0.25, -0.2) is 0 Å². The molecule has 0 aliphatic heterocycles. The number of fused-ring (bicyclic) bond motifs is 2. The summed E-state index contributed by atoms with van der Waals surface area (Å²) >= 11 is 0. The highest BCUT2D eigenvalue weighted by Gasteiger charge is 2.36. The van der Waals surface area contributed by atoms with Crippen LogP contribution in [0.1, 0.15) is 40.7 Å². The lowest BCUT2D eigenvalue weighted by Gasteiger charge is -2.31.